The molecule has 0 saturated heterocycles. The molecule has 0 aliphatic carbocycles. The summed E-state index contributed by atoms with van der Waals surface area (Å²) in [5, 5.41) is 0. The van der Waals surface area contributed by atoms with Crippen molar-refractivity contribution in [2.45, 2.75) is 19.0 Å². The normalized spacial score (nSPS) is 12.4. The molecule has 0 unspecified atom stereocenters. The lowest BCUT2D eigenvalue weighted by Gasteiger charge is -2.12. The highest BCUT2D eigenvalue weighted by Gasteiger charge is 2.06. The molecule has 0 amide bonds. The van der Waals surface area contributed by atoms with Gasteiger partial charge in [0.15, 0.2) is 0 Å². The molecule has 2 aromatic carbocycles. The van der Waals surface area contributed by atoms with Gasteiger partial charge in [0, 0.05) is 12.6 Å². The maximum absolute atomic E-state index is 6.17. The predicted octanol–water partition coefficient (Wildman–Crippen LogP) is 2.39. The lowest BCUT2D eigenvalue weighted by Crippen LogP contribution is -2.13. The number of benzene rings is 2. The van der Waals surface area contributed by atoms with E-state index in [0.29, 0.717) is 6.54 Å². The van der Waals surface area contributed by atoms with Crippen LogP contribution in [-0.2, 0) is 13.0 Å². The minimum absolute atomic E-state index is 0.0555. The van der Waals surface area contributed by atoms with E-state index in [9.17, 15) is 0 Å². The summed E-state index contributed by atoms with van der Waals surface area (Å²) in [5.74, 6) is 0. The SMILES string of the molecule is NCc1ccc(C[C@@H](N)c2ccccc2)cc1. The van der Waals surface area contributed by atoms with Crippen LogP contribution in [-0.4, -0.2) is 0 Å². The fourth-order valence-corrected chi connectivity index (χ4v) is 1.88. The fraction of sp³-hybridized carbons (Fsp3) is 0.200. The van der Waals surface area contributed by atoms with Crippen molar-refractivity contribution in [1.82, 2.24) is 0 Å². The van der Waals surface area contributed by atoms with Gasteiger partial charge in [-0.1, -0.05) is 54.6 Å². The van der Waals surface area contributed by atoms with Crippen LogP contribution in [0.1, 0.15) is 22.7 Å². The quantitative estimate of drug-likeness (QED) is 0.841. The first kappa shape index (κ1) is 11.8. The zero-order valence-corrected chi connectivity index (χ0v) is 9.84. The highest BCUT2D eigenvalue weighted by atomic mass is 14.6. The van der Waals surface area contributed by atoms with Gasteiger partial charge < -0.3 is 11.5 Å². The molecular weight excluding hydrogens is 208 g/mol. The molecule has 2 heteroatoms. The van der Waals surface area contributed by atoms with Crippen LogP contribution in [0.2, 0.25) is 0 Å². The Labute approximate surface area is 102 Å². The molecule has 2 nitrogen and oxygen atoms in total. The second-order valence-corrected chi connectivity index (χ2v) is 4.24. The zero-order valence-electron chi connectivity index (χ0n) is 9.84. The van der Waals surface area contributed by atoms with Crippen LogP contribution in [0, 0.1) is 0 Å². The number of nitrogens with two attached hydrogens (primary N) is 2. The summed E-state index contributed by atoms with van der Waals surface area (Å²) in [7, 11) is 0. The van der Waals surface area contributed by atoms with E-state index in [1.165, 1.54) is 11.1 Å². The third-order valence-corrected chi connectivity index (χ3v) is 2.94. The van der Waals surface area contributed by atoms with Crippen LogP contribution in [0.4, 0.5) is 0 Å². The standard InChI is InChI=1S/C15H18N2/c16-11-13-8-6-12(7-9-13)10-15(17)14-4-2-1-3-5-14/h1-9,15H,10-11,16-17H2/t15-/m1/s1. The molecule has 17 heavy (non-hydrogen) atoms. The maximum Gasteiger partial charge on any atom is 0.0335 e. The molecule has 2 aromatic rings. The van der Waals surface area contributed by atoms with Gasteiger partial charge in [-0.3, -0.25) is 0 Å². The van der Waals surface area contributed by atoms with Gasteiger partial charge in [0.2, 0.25) is 0 Å². The van der Waals surface area contributed by atoms with Gasteiger partial charge in [0.1, 0.15) is 0 Å². The smallest absolute Gasteiger partial charge is 0.0335 e. The van der Waals surface area contributed by atoms with Gasteiger partial charge in [-0.15, -0.1) is 0 Å². The molecular formula is C15H18N2. The topological polar surface area (TPSA) is 52.0 Å². The molecule has 0 spiro atoms. The van der Waals surface area contributed by atoms with Crippen molar-refractivity contribution in [3.05, 3.63) is 71.3 Å². The summed E-state index contributed by atoms with van der Waals surface area (Å²) in [6.07, 6.45) is 0.856. The van der Waals surface area contributed by atoms with E-state index in [2.05, 4.69) is 36.4 Å². The Balaban J connectivity index is 2.05. The van der Waals surface area contributed by atoms with E-state index in [4.69, 9.17) is 11.5 Å². The first-order chi connectivity index (χ1) is 8.29. The lowest BCUT2D eigenvalue weighted by atomic mass is 9.99. The zero-order chi connectivity index (χ0) is 12.1. The van der Waals surface area contributed by atoms with Crippen LogP contribution in [0.5, 0.6) is 0 Å². The summed E-state index contributed by atoms with van der Waals surface area (Å²) in [5.41, 5.74) is 15.3. The first-order valence-corrected chi connectivity index (χ1v) is 5.88. The van der Waals surface area contributed by atoms with Crippen LogP contribution in [0.15, 0.2) is 54.6 Å². The van der Waals surface area contributed by atoms with Gasteiger partial charge in [0.25, 0.3) is 0 Å². The minimum Gasteiger partial charge on any atom is -0.326 e. The summed E-state index contributed by atoms with van der Waals surface area (Å²) < 4.78 is 0. The van der Waals surface area contributed by atoms with Crippen molar-refractivity contribution in [2.24, 2.45) is 11.5 Å². The minimum atomic E-state index is 0.0555. The van der Waals surface area contributed by atoms with Crippen LogP contribution < -0.4 is 11.5 Å². The van der Waals surface area contributed by atoms with Crippen LogP contribution in [0.3, 0.4) is 0 Å². The van der Waals surface area contributed by atoms with E-state index in [-0.39, 0.29) is 6.04 Å². The van der Waals surface area contributed by atoms with Crippen molar-refractivity contribution in [2.75, 3.05) is 0 Å². The molecule has 0 saturated carbocycles. The average Bonchev–Trinajstić information content (AvgIpc) is 2.40. The van der Waals surface area contributed by atoms with Crippen LogP contribution >= 0.6 is 0 Å². The highest BCUT2D eigenvalue weighted by Crippen LogP contribution is 2.16. The first-order valence-electron chi connectivity index (χ1n) is 5.88. The average molecular weight is 226 g/mol. The predicted molar refractivity (Wildman–Crippen MR) is 71.4 cm³/mol. The largest absolute Gasteiger partial charge is 0.326 e. The molecule has 0 aromatic heterocycles. The monoisotopic (exact) mass is 226 g/mol. The molecule has 2 rings (SSSR count). The molecule has 0 radical (unpaired) electrons. The Hall–Kier alpha value is -1.64. The number of rotatable bonds is 4. The molecule has 0 fully saturated rings. The van der Waals surface area contributed by atoms with Gasteiger partial charge >= 0.3 is 0 Å². The van der Waals surface area contributed by atoms with Gasteiger partial charge in [-0.05, 0) is 23.1 Å². The van der Waals surface area contributed by atoms with Crippen molar-refractivity contribution in [3.63, 3.8) is 0 Å². The van der Waals surface area contributed by atoms with Gasteiger partial charge in [-0.25, -0.2) is 0 Å². The van der Waals surface area contributed by atoms with E-state index in [1.807, 2.05) is 18.2 Å². The summed E-state index contributed by atoms with van der Waals surface area (Å²) in [6, 6.07) is 18.6. The Morgan fingerprint density at radius 2 is 1.41 bits per heavy atom. The summed E-state index contributed by atoms with van der Waals surface area (Å²) in [4.78, 5) is 0. The van der Waals surface area contributed by atoms with Crippen molar-refractivity contribution in [3.8, 4) is 0 Å². The fourth-order valence-electron chi connectivity index (χ4n) is 1.88. The van der Waals surface area contributed by atoms with E-state index >= 15 is 0 Å². The van der Waals surface area contributed by atoms with Gasteiger partial charge in [-0.2, -0.15) is 0 Å². The summed E-state index contributed by atoms with van der Waals surface area (Å²) in [6.45, 7) is 0.588. The summed E-state index contributed by atoms with van der Waals surface area (Å²) >= 11 is 0. The Kier molecular flexibility index (Phi) is 3.91. The third-order valence-electron chi connectivity index (χ3n) is 2.94. The maximum atomic E-state index is 6.17. The van der Waals surface area contributed by atoms with E-state index in [1.54, 1.807) is 0 Å². The molecule has 4 N–H and O–H groups in total. The molecule has 88 valence electrons. The number of hydrogen-bond donors (Lipinski definition) is 2. The third kappa shape index (κ3) is 3.16. The van der Waals surface area contributed by atoms with Gasteiger partial charge in [0.05, 0.1) is 0 Å². The Morgan fingerprint density at radius 1 is 0.824 bits per heavy atom. The second kappa shape index (κ2) is 5.62. The van der Waals surface area contributed by atoms with Crippen LogP contribution in [0.25, 0.3) is 0 Å². The van der Waals surface area contributed by atoms with E-state index < -0.39 is 0 Å². The second-order valence-electron chi connectivity index (χ2n) is 4.24. The Morgan fingerprint density at radius 3 is 2.00 bits per heavy atom. The molecule has 0 heterocycles. The highest BCUT2D eigenvalue weighted by molar-refractivity contribution is 5.26. The number of hydrogen-bond acceptors (Lipinski definition) is 2. The molecule has 0 aliphatic rings. The van der Waals surface area contributed by atoms with Crippen molar-refractivity contribution >= 4 is 0 Å². The van der Waals surface area contributed by atoms with Crippen molar-refractivity contribution < 1.29 is 0 Å². The molecule has 0 aliphatic heterocycles. The Bertz CT molecular complexity index is 448. The lowest BCUT2D eigenvalue weighted by molar-refractivity contribution is 0.721. The van der Waals surface area contributed by atoms with E-state index in [0.717, 1.165) is 12.0 Å². The molecule has 1 atom stereocenters. The van der Waals surface area contributed by atoms with Crippen molar-refractivity contribution in [1.29, 1.82) is 0 Å². The molecule has 0 bridgehead atoms.